The van der Waals surface area contributed by atoms with E-state index < -0.39 is 0 Å². The molecule has 0 bridgehead atoms. The van der Waals surface area contributed by atoms with Gasteiger partial charge in [-0.05, 0) is 61.5 Å². The second kappa shape index (κ2) is 8.24. The number of rotatable bonds is 6. The largest absolute Gasteiger partial charge is 0.216 e. The maximum atomic E-state index is 12.2. The fourth-order valence-corrected chi connectivity index (χ4v) is 3.28. The molecule has 1 aliphatic carbocycles. The van der Waals surface area contributed by atoms with E-state index in [9.17, 15) is 4.39 Å². The van der Waals surface area contributed by atoms with Crippen molar-refractivity contribution in [3.05, 3.63) is 47.8 Å². The average molecular weight is 274 g/mol. The average Bonchev–Trinajstić information content (AvgIpc) is 2.49. The maximum absolute atomic E-state index is 12.2. The van der Waals surface area contributed by atoms with Crippen LogP contribution >= 0.6 is 0 Å². The molecule has 0 amide bonds. The van der Waals surface area contributed by atoms with Crippen LogP contribution in [0.5, 0.6) is 0 Å². The highest BCUT2D eigenvalue weighted by atomic mass is 19.1. The molecule has 1 aliphatic rings. The highest BCUT2D eigenvalue weighted by molar-refractivity contribution is 5.26. The van der Waals surface area contributed by atoms with Gasteiger partial charge in [-0.1, -0.05) is 50.1 Å². The van der Waals surface area contributed by atoms with Gasteiger partial charge in [0.15, 0.2) is 0 Å². The van der Waals surface area contributed by atoms with Gasteiger partial charge in [-0.15, -0.1) is 0 Å². The zero-order chi connectivity index (χ0) is 14.2. The Morgan fingerprint density at radius 1 is 1.05 bits per heavy atom. The van der Waals surface area contributed by atoms with E-state index in [1.54, 1.807) is 6.08 Å². The quantitative estimate of drug-likeness (QED) is 0.544. The van der Waals surface area contributed by atoms with Gasteiger partial charge >= 0.3 is 0 Å². The van der Waals surface area contributed by atoms with Gasteiger partial charge in [-0.3, -0.25) is 0 Å². The number of halogens is 1. The van der Waals surface area contributed by atoms with Crippen molar-refractivity contribution in [2.24, 2.45) is 5.92 Å². The number of unbranched alkanes of at least 4 members (excludes halogenated alkanes) is 2. The third-order valence-electron chi connectivity index (χ3n) is 4.64. The molecule has 0 atom stereocenters. The number of hydrogen-bond donors (Lipinski definition) is 0. The van der Waals surface area contributed by atoms with Crippen molar-refractivity contribution in [1.82, 2.24) is 0 Å². The molecule has 1 saturated carbocycles. The van der Waals surface area contributed by atoms with Crippen LogP contribution in [0.2, 0.25) is 0 Å². The van der Waals surface area contributed by atoms with Crippen molar-refractivity contribution in [2.75, 3.05) is 0 Å². The Hall–Kier alpha value is -1.11. The van der Waals surface area contributed by atoms with Gasteiger partial charge in [0.25, 0.3) is 0 Å². The summed E-state index contributed by atoms with van der Waals surface area (Å²) in [5, 5.41) is 0. The Morgan fingerprint density at radius 2 is 1.75 bits per heavy atom. The van der Waals surface area contributed by atoms with Crippen LogP contribution in [0, 0.1) is 5.92 Å². The van der Waals surface area contributed by atoms with Crippen molar-refractivity contribution < 1.29 is 4.39 Å². The van der Waals surface area contributed by atoms with Crippen molar-refractivity contribution in [3.8, 4) is 0 Å². The Kier molecular flexibility index (Phi) is 6.29. The SMILES string of the molecule is CCCCCc1ccc([C@H]2CC[C@H](C=CF)CC2)cc1. The minimum atomic E-state index is 0.463. The molecule has 1 aromatic rings. The molecule has 0 spiro atoms. The molecule has 0 heterocycles. The second-order valence-corrected chi connectivity index (χ2v) is 6.13. The van der Waals surface area contributed by atoms with Crippen LogP contribution in [-0.4, -0.2) is 0 Å². The lowest BCUT2D eigenvalue weighted by atomic mass is 9.78. The summed E-state index contributed by atoms with van der Waals surface area (Å²) in [5.41, 5.74) is 2.95. The summed E-state index contributed by atoms with van der Waals surface area (Å²) in [6.45, 7) is 2.25. The number of benzene rings is 1. The standard InChI is InChI=1S/C19H27F/c1-2-3-4-5-16-6-10-18(11-7-16)19-12-8-17(9-13-19)14-15-20/h6-7,10-11,14-15,17,19H,2-5,8-9,12-13H2,1H3/t17-,19-. The molecule has 0 aromatic heterocycles. The molecule has 0 unspecified atom stereocenters. The fourth-order valence-electron chi connectivity index (χ4n) is 3.28. The summed E-state index contributed by atoms with van der Waals surface area (Å²) in [6, 6.07) is 9.24. The van der Waals surface area contributed by atoms with Gasteiger partial charge in [-0.2, -0.15) is 0 Å². The van der Waals surface area contributed by atoms with Crippen molar-refractivity contribution >= 4 is 0 Å². The van der Waals surface area contributed by atoms with Crippen LogP contribution in [0.3, 0.4) is 0 Å². The van der Waals surface area contributed by atoms with E-state index in [-0.39, 0.29) is 0 Å². The Balaban J connectivity index is 1.84. The van der Waals surface area contributed by atoms with Crippen molar-refractivity contribution in [3.63, 3.8) is 0 Å². The summed E-state index contributed by atoms with van der Waals surface area (Å²) in [5.74, 6) is 1.15. The molecule has 0 N–H and O–H groups in total. The summed E-state index contributed by atoms with van der Waals surface area (Å²) in [6.07, 6.45) is 12.2. The van der Waals surface area contributed by atoms with Gasteiger partial charge in [-0.25, -0.2) is 4.39 Å². The first-order valence-electron chi connectivity index (χ1n) is 8.19. The van der Waals surface area contributed by atoms with Gasteiger partial charge in [0.2, 0.25) is 0 Å². The Morgan fingerprint density at radius 3 is 2.35 bits per heavy atom. The third kappa shape index (κ3) is 4.47. The van der Waals surface area contributed by atoms with E-state index >= 15 is 0 Å². The molecular weight excluding hydrogens is 247 g/mol. The van der Waals surface area contributed by atoms with Crippen molar-refractivity contribution in [1.29, 1.82) is 0 Å². The minimum Gasteiger partial charge on any atom is -0.216 e. The summed E-state index contributed by atoms with van der Waals surface area (Å²) >= 11 is 0. The van der Waals surface area contributed by atoms with Crippen LogP contribution in [0.4, 0.5) is 4.39 Å². The Labute approximate surface area is 123 Å². The molecule has 0 radical (unpaired) electrons. The van der Waals surface area contributed by atoms with Crippen LogP contribution < -0.4 is 0 Å². The number of hydrogen-bond acceptors (Lipinski definition) is 0. The minimum absolute atomic E-state index is 0.463. The predicted molar refractivity (Wildman–Crippen MR) is 84.6 cm³/mol. The van der Waals surface area contributed by atoms with Crippen molar-refractivity contribution in [2.45, 2.75) is 64.2 Å². The first-order chi connectivity index (χ1) is 9.83. The molecule has 0 aliphatic heterocycles. The molecule has 2 rings (SSSR count). The molecule has 0 saturated heterocycles. The van der Waals surface area contributed by atoms with Gasteiger partial charge < -0.3 is 0 Å². The number of aryl methyl sites for hydroxylation is 1. The fraction of sp³-hybridized carbons (Fsp3) is 0.579. The normalized spacial score (nSPS) is 23.3. The molecule has 1 heteroatoms. The van der Waals surface area contributed by atoms with Crippen LogP contribution in [0.25, 0.3) is 0 Å². The van der Waals surface area contributed by atoms with E-state index in [2.05, 4.69) is 31.2 Å². The smallest absolute Gasteiger partial charge is 0.0829 e. The molecule has 0 nitrogen and oxygen atoms in total. The molecule has 110 valence electrons. The lowest BCUT2D eigenvalue weighted by molar-refractivity contribution is 0.373. The zero-order valence-corrected chi connectivity index (χ0v) is 12.7. The van der Waals surface area contributed by atoms with Crippen LogP contribution in [0.1, 0.15) is 68.9 Å². The first kappa shape index (κ1) is 15.3. The lowest BCUT2D eigenvalue weighted by Crippen LogP contribution is -2.11. The lowest BCUT2D eigenvalue weighted by Gasteiger charge is -2.27. The van der Waals surface area contributed by atoms with E-state index in [1.165, 1.54) is 49.7 Å². The predicted octanol–water partition coefficient (Wildman–Crippen LogP) is 6.18. The highest BCUT2D eigenvalue weighted by Gasteiger charge is 2.20. The van der Waals surface area contributed by atoms with E-state index in [0.29, 0.717) is 11.8 Å². The summed E-state index contributed by atoms with van der Waals surface area (Å²) in [7, 11) is 0. The van der Waals surface area contributed by atoms with E-state index in [0.717, 1.165) is 19.2 Å². The summed E-state index contributed by atoms with van der Waals surface area (Å²) in [4.78, 5) is 0. The Bertz CT molecular complexity index is 396. The highest BCUT2D eigenvalue weighted by Crippen LogP contribution is 2.36. The van der Waals surface area contributed by atoms with E-state index in [4.69, 9.17) is 0 Å². The van der Waals surface area contributed by atoms with Gasteiger partial charge in [0.05, 0.1) is 6.33 Å². The van der Waals surface area contributed by atoms with Gasteiger partial charge in [0, 0.05) is 0 Å². The van der Waals surface area contributed by atoms with E-state index in [1.807, 2.05) is 0 Å². The first-order valence-corrected chi connectivity index (χ1v) is 8.19. The zero-order valence-electron chi connectivity index (χ0n) is 12.7. The van der Waals surface area contributed by atoms with Crippen LogP contribution in [0.15, 0.2) is 36.7 Å². The van der Waals surface area contributed by atoms with Gasteiger partial charge in [0.1, 0.15) is 0 Å². The third-order valence-corrected chi connectivity index (χ3v) is 4.64. The molecule has 1 aromatic carbocycles. The topological polar surface area (TPSA) is 0 Å². The molecule has 20 heavy (non-hydrogen) atoms. The molecular formula is C19H27F. The monoisotopic (exact) mass is 274 g/mol. The number of allylic oxidation sites excluding steroid dienone is 1. The second-order valence-electron chi connectivity index (χ2n) is 6.13. The maximum Gasteiger partial charge on any atom is 0.0829 e. The van der Waals surface area contributed by atoms with Crippen LogP contribution in [-0.2, 0) is 6.42 Å². The summed E-state index contributed by atoms with van der Waals surface area (Å²) < 4.78 is 12.2. The molecule has 1 fully saturated rings.